The molecule has 0 radical (unpaired) electrons. The van der Waals surface area contributed by atoms with Gasteiger partial charge in [0.05, 0.1) is 5.56 Å². The van der Waals surface area contributed by atoms with Gasteiger partial charge in [0.25, 0.3) is 16.1 Å². The molecule has 11 nitrogen and oxygen atoms in total. The van der Waals surface area contributed by atoms with Crippen LogP contribution in [-0.4, -0.2) is 86.7 Å². The van der Waals surface area contributed by atoms with E-state index in [0.29, 0.717) is 29.1 Å². The van der Waals surface area contributed by atoms with Gasteiger partial charge in [-0.25, -0.2) is 4.90 Å². The number of hydrogen-bond acceptors (Lipinski definition) is 7. The number of nitrogens with one attached hydrogen (secondary N) is 1. The van der Waals surface area contributed by atoms with Crippen molar-refractivity contribution in [3.05, 3.63) is 59.2 Å². The van der Waals surface area contributed by atoms with Crippen molar-refractivity contribution in [1.82, 2.24) is 13.9 Å². The van der Waals surface area contributed by atoms with Gasteiger partial charge in [0.15, 0.2) is 12.8 Å². The summed E-state index contributed by atoms with van der Waals surface area (Å²) < 4.78 is 71.6. The second-order valence-electron chi connectivity index (χ2n) is 9.94. The van der Waals surface area contributed by atoms with Gasteiger partial charge in [-0.3, -0.25) is 9.59 Å². The topological polar surface area (TPSA) is 143 Å². The van der Waals surface area contributed by atoms with Gasteiger partial charge in [-0.15, -0.1) is 0 Å². The Hall–Kier alpha value is -4.31. The second-order valence-corrected chi connectivity index (χ2v) is 11.6. The largest absolute Gasteiger partial charge is 0.483 e. The molecule has 0 bridgehead atoms. The average Bonchev–Trinajstić information content (AvgIpc) is 2.96. The summed E-state index contributed by atoms with van der Waals surface area (Å²) in [5.41, 5.74) is 1.49. The first-order valence-electron chi connectivity index (χ1n) is 13.0. The number of carbonyl (C=O) groups is 2. The molecule has 2 aromatic rings. The molecule has 230 valence electrons. The number of nitrogens with zero attached hydrogens (tertiary/aromatic N) is 4. The lowest BCUT2D eigenvalue weighted by Gasteiger charge is -2.36. The lowest BCUT2D eigenvalue weighted by molar-refractivity contribution is -0.153. The number of amides is 1. The van der Waals surface area contributed by atoms with Crippen molar-refractivity contribution < 1.29 is 41.0 Å². The Morgan fingerprint density at radius 2 is 1.65 bits per heavy atom. The van der Waals surface area contributed by atoms with E-state index in [1.54, 1.807) is 44.3 Å². The van der Waals surface area contributed by atoms with Crippen LogP contribution in [0, 0.1) is 29.2 Å². The zero-order valence-corrected chi connectivity index (χ0v) is 24.4. The third-order valence-electron chi connectivity index (χ3n) is 6.43. The number of ether oxygens (including phenoxy) is 1. The van der Waals surface area contributed by atoms with Crippen molar-refractivity contribution in [1.29, 1.82) is 5.26 Å². The molecular weight excluding hydrogens is 591 g/mol. The van der Waals surface area contributed by atoms with E-state index in [1.165, 1.54) is 29.6 Å². The van der Waals surface area contributed by atoms with Crippen molar-refractivity contribution in [3.63, 3.8) is 0 Å². The molecule has 0 unspecified atom stereocenters. The fraction of sp³-hybridized carbons (Fsp3) is 0.393. The Bertz CT molecular complexity index is 1540. The van der Waals surface area contributed by atoms with Crippen molar-refractivity contribution in [2.24, 2.45) is 5.92 Å². The molecule has 0 spiro atoms. The number of nitriles is 1. The Morgan fingerprint density at radius 3 is 2.19 bits per heavy atom. The van der Waals surface area contributed by atoms with Crippen LogP contribution in [0.3, 0.4) is 0 Å². The summed E-state index contributed by atoms with van der Waals surface area (Å²) in [6.45, 7) is 2.71. The standard InChI is InChI=1S/C28H30F3N5O6S/c1-19(2)25(27(38)39)33-43(40,41)36-14-12-35(13-15-36)22-9-6-20(7-10-22)4-5-21-8-11-24(42-17-28(29,30)31)23(16-21)26(37)34(3)18-32/h6-11,16,19,25,33H,12-15,17H2,1-3H3,(H,38,39)/t25-/m1/s1. The Labute approximate surface area is 247 Å². The molecule has 2 aromatic carbocycles. The zero-order valence-electron chi connectivity index (χ0n) is 23.6. The molecule has 1 amide bonds. The smallest absolute Gasteiger partial charge is 0.422 e. The van der Waals surface area contributed by atoms with Gasteiger partial charge in [-0.1, -0.05) is 25.7 Å². The number of aliphatic carboxylic acids is 1. The summed E-state index contributed by atoms with van der Waals surface area (Å²) in [7, 11) is -2.81. The molecule has 2 N–H and O–H groups in total. The third kappa shape index (κ3) is 9.09. The number of carboxylic acid groups (broad SMARTS) is 1. The third-order valence-corrected chi connectivity index (χ3v) is 8.02. The number of hydrogen-bond donors (Lipinski definition) is 2. The Balaban J connectivity index is 1.69. The van der Waals surface area contributed by atoms with Crippen LogP contribution < -0.4 is 14.4 Å². The van der Waals surface area contributed by atoms with Crippen molar-refractivity contribution in [2.45, 2.75) is 26.1 Å². The first-order valence-corrected chi connectivity index (χ1v) is 14.4. The molecular formula is C28H30F3N5O6S. The van der Waals surface area contributed by atoms with E-state index >= 15 is 0 Å². The predicted molar refractivity (Wildman–Crippen MR) is 150 cm³/mol. The minimum absolute atomic E-state index is 0.159. The molecule has 1 saturated heterocycles. The number of halogens is 3. The van der Waals surface area contributed by atoms with Gasteiger partial charge < -0.3 is 14.7 Å². The van der Waals surface area contributed by atoms with E-state index < -0.39 is 46.8 Å². The lowest BCUT2D eigenvalue weighted by Crippen LogP contribution is -2.55. The summed E-state index contributed by atoms with van der Waals surface area (Å²) in [6.07, 6.45) is -3.01. The van der Waals surface area contributed by atoms with Crippen molar-refractivity contribution >= 4 is 27.8 Å². The highest BCUT2D eigenvalue weighted by Gasteiger charge is 2.33. The average molecular weight is 622 g/mol. The maximum absolute atomic E-state index is 12.7. The molecule has 0 saturated carbocycles. The van der Waals surface area contributed by atoms with Crippen LogP contribution >= 0.6 is 0 Å². The molecule has 0 aromatic heterocycles. The van der Waals surface area contributed by atoms with Crippen molar-refractivity contribution in [3.8, 4) is 23.8 Å². The van der Waals surface area contributed by atoms with Gasteiger partial charge >= 0.3 is 12.1 Å². The highest BCUT2D eigenvalue weighted by atomic mass is 32.2. The van der Waals surface area contributed by atoms with Crippen LogP contribution in [0.1, 0.15) is 35.3 Å². The van der Waals surface area contributed by atoms with E-state index in [0.717, 1.165) is 5.69 Å². The first kappa shape index (κ1) is 33.2. The summed E-state index contributed by atoms with van der Waals surface area (Å²) in [4.78, 5) is 26.6. The monoisotopic (exact) mass is 621 g/mol. The second kappa shape index (κ2) is 13.8. The van der Waals surface area contributed by atoms with E-state index in [1.807, 2.05) is 4.90 Å². The van der Waals surface area contributed by atoms with Crippen LogP contribution in [-0.2, 0) is 15.0 Å². The molecule has 1 heterocycles. The molecule has 43 heavy (non-hydrogen) atoms. The molecule has 3 rings (SSSR count). The first-order chi connectivity index (χ1) is 20.1. The maximum Gasteiger partial charge on any atom is 0.422 e. The summed E-state index contributed by atoms with van der Waals surface area (Å²) in [5, 5.41) is 18.3. The van der Waals surface area contributed by atoms with E-state index in [9.17, 15) is 36.3 Å². The number of alkyl halides is 3. The number of carboxylic acids is 1. The van der Waals surface area contributed by atoms with Gasteiger partial charge in [-0.2, -0.15) is 35.9 Å². The fourth-order valence-corrected chi connectivity index (χ4v) is 5.57. The molecule has 0 aliphatic carbocycles. The fourth-order valence-electron chi connectivity index (χ4n) is 4.08. The van der Waals surface area contributed by atoms with Crippen LogP contribution in [0.25, 0.3) is 0 Å². The Kier molecular flexibility index (Phi) is 10.6. The number of carbonyl (C=O) groups excluding carboxylic acids is 1. The molecule has 15 heteroatoms. The SMILES string of the molecule is CC(C)[C@@H](NS(=O)(=O)N1CCN(c2ccc(C#Cc3ccc(OCC(F)(F)F)c(C(=O)N(C)C#N)c3)cc2)CC1)C(=O)O. The van der Waals surface area contributed by atoms with Crippen LogP contribution in [0.15, 0.2) is 42.5 Å². The van der Waals surface area contributed by atoms with E-state index in [2.05, 4.69) is 16.6 Å². The molecule has 1 aliphatic rings. The minimum atomic E-state index is -4.62. The van der Waals surface area contributed by atoms with Gasteiger partial charge in [0.1, 0.15) is 11.8 Å². The highest BCUT2D eigenvalue weighted by Crippen LogP contribution is 2.25. The summed E-state index contributed by atoms with van der Waals surface area (Å²) in [6, 6.07) is 9.70. The number of anilines is 1. The van der Waals surface area contributed by atoms with Crippen LogP contribution in [0.4, 0.5) is 18.9 Å². The summed E-state index contributed by atoms with van der Waals surface area (Å²) >= 11 is 0. The van der Waals surface area contributed by atoms with Gasteiger partial charge in [-0.05, 0) is 48.4 Å². The minimum Gasteiger partial charge on any atom is -0.483 e. The molecule has 1 fully saturated rings. The predicted octanol–water partition coefficient (Wildman–Crippen LogP) is 2.65. The molecule has 1 aliphatic heterocycles. The van der Waals surface area contributed by atoms with E-state index in [4.69, 9.17) is 10.00 Å². The highest BCUT2D eigenvalue weighted by molar-refractivity contribution is 7.87. The van der Waals surface area contributed by atoms with Gasteiger partial charge in [0.2, 0.25) is 0 Å². The van der Waals surface area contributed by atoms with E-state index in [-0.39, 0.29) is 24.4 Å². The lowest BCUT2D eigenvalue weighted by atomic mass is 10.1. The maximum atomic E-state index is 12.7. The zero-order chi connectivity index (χ0) is 31.9. The normalized spacial score (nSPS) is 14.8. The number of benzene rings is 2. The molecule has 1 atom stereocenters. The van der Waals surface area contributed by atoms with Gasteiger partial charge in [0, 0.05) is 50.0 Å². The quantitative estimate of drug-likeness (QED) is 0.247. The van der Waals surface area contributed by atoms with Crippen molar-refractivity contribution in [2.75, 3.05) is 44.7 Å². The Morgan fingerprint density at radius 1 is 1.07 bits per heavy atom. The number of piperazine rings is 1. The number of rotatable bonds is 9. The van der Waals surface area contributed by atoms with Crippen LogP contribution in [0.2, 0.25) is 0 Å². The van der Waals surface area contributed by atoms with Crippen LogP contribution in [0.5, 0.6) is 5.75 Å². The summed E-state index contributed by atoms with van der Waals surface area (Å²) in [5.74, 6) is 2.91.